The minimum absolute atomic E-state index is 0.0509. The van der Waals surface area contributed by atoms with E-state index in [9.17, 15) is 0 Å². The van der Waals surface area contributed by atoms with Crippen LogP contribution in [0.1, 0.15) is 37.9 Å². The number of ether oxygens (including phenoxy) is 1. The summed E-state index contributed by atoms with van der Waals surface area (Å²) in [6.07, 6.45) is 4.26. The highest BCUT2D eigenvalue weighted by molar-refractivity contribution is 5.13. The lowest BCUT2D eigenvalue weighted by atomic mass is 9.88. The standard InChI is InChI=1S/C14H25N3O/c1-11-13(8-15-16-11)10-17(4)9-12-5-6-18-14(2,3)7-12/h8,12H,5-7,9-10H2,1-4H3,(H,15,16)/t12-/m0/s1. The van der Waals surface area contributed by atoms with E-state index in [-0.39, 0.29) is 5.60 Å². The summed E-state index contributed by atoms with van der Waals surface area (Å²) in [5.74, 6) is 0.742. The van der Waals surface area contributed by atoms with E-state index in [2.05, 4.69) is 42.9 Å². The summed E-state index contributed by atoms with van der Waals surface area (Å²) in [5.41, 5.74) is 2.52. The molecule has 0 aromatic carbocycles. The highest BCUT2D eigenvalue weighted by atomic mass is 16.5. The van der Waals surface area contributed by atoms with Crippen LogP contribution < -0.4 is 0 Å². The molecule has 0 amide bonds. The fourth-order valence-electron chi connectivity index (χ4n) is 2.85. The van der Waals surface area contributed by atoms with Gasteiger partial charge in [0, 0.05) is 31.0 Å². The minimum Gasteiger partial charge on any atom is -0.376 e. The van der Waals surface area contributed by atoms with Crippen LogP contribution in [0.25, 0.3) is 0 Å². The maximum absolute atomic E-state index is 5.77. The first-order valence-corrected chi connectivity index (χ1v) is 6.77. The maximum atomic E-state index is 5.77. The molecular formula is C14H25N3O. The number of aryl methyl sites for hydroxylation is 1. The van der Waals surface area contributed by atoms with Gasteiger partial charge in [-0.2, -0.15) is 5.10 Å². The van der Waals surface area contributed by atoms with Crippen LogP contribution in [0.4, 0.5) is 0 Å². The summed E-state index contributed by atoms with van der Waals surface area (Å²) in [6.45, 7) is 9.47. The van der Waals surface area contributed by atoms with Crippen molar-refractivity contribution in [2.75, 3.05) is 20.2 Å². The molecule has 1 aromatic rings. The molecule has 0 saturated carbocycles. The van der Waals surface area contributed by atoms with Crippen molar-refractivity contribution < 1.29 is 4.74 Å². The van der Waals surface area contributed by atoms with Gasteiger partial charge in [-0.25, -0.2) is 0 Å². The second-order valence-corrected chi connectivity index (χ2v) is 6.18. The molecule has 2 rings (SSSR count). The summed E-state index contributed by atoms with van der Waals surface area (Å²) >= 11 is 0. The Kier molecular flexibility index (Phi) is 4.07. The normalized spacial score (nSPS) is 23.5. The lowest BCUT2D eigenvalue weighted by molar-refractivity contribution is -0.0761. The molecule has 18 heavy (non-hydrogen) atoms. The minimum atomic E-state index is 0.0509. The van der Waals surface area contributed by atoms with Crippen LogP contribution in [-0.4, -0.2) is 40.9 Å². The molecule has 102 valence electrons. The van der Waals surface area contributed by atoms with E-state index in [4.69, 9.17) is 4.74 Å². The van der Waals surface area contributed by atoms with Crippen LogP contribution in [-0.2, 0) is 11.3 Å². The summed E-state index contributed by atoms with van der Waals surface area (Å²) in [4.78, 5) is 2.39. The average Bonchev–Trinajstić information content (AvgIpc) is 2.62. The molecule has 0 aliphatic carbocycles. The van der Waals surface area contributed by atoms with Gasteiger partial charge < -0.3 is 9.64 Å². The number of hydrogen-bond donors (Lipinski definition) is 1. The molecule has 2 heterocycles. The zero-order valence-electron chi connectivity index (χ0n) is 12.0. The van der Waals surface area contributed by atoms with Crippen molar-refractivity contribution in [3.05, 3.63) is 17.5 Å². The highest BCUT2D eigenvalue weighted by Gasteiger charge is 2.29. The summed E-state index contributed by atoms with van der Waals surface area (Å²) in [5, 5.41) is 7.07. The number of hydrogen-bond acceptors (Lipinski definition) is 3. The fraction of sp³-hybridized carbons (Fsp3) is 0.786. The van der Waals surface area contributed by atoms with Gasteiger partial charge in [-0.15, -0.1) is 0 Å². The van der Waals surface area contributed by atoms with Crippen molar-refractivity contribution in [3.8, 4) is 0 Å². The Balaban J connectivity index is 1.84. The van der Waals surface area contributed by atoms with Gasteiger partial charge in [0.2, 0.25) is 0 Å². The van der Waals surface area contributed by atoms with Crippen LogP contribution in [0.2, 0.25) is 0 Å². The van der Waals surface area contributed by atoms with E-state index in [0.29, 0.717) is 0 Å². The smallest absolute Gasteiger partial charge is 0.0629 e. The van der Waals surface area contributed by atoms with Gasteiger partial charge in [0.05, 0.1) is 11.8 Å². The molecular weight excluding hydrogens is 226 g/mol. The average molecular weight is 251 g/mol. The Labute approximate surface area is 110 Å². The number of rotatable bonds is 4. The summed E-state index contributed by atoms with van der Waals surface area (Å²) < 4.78 is 5.77. The summed E-state index contributed by atoms with van der Waals surface area (Å²) in [7, 11) is 2.19. The van der Waals surface area contributed by atoms with Crippen LogP contribution >= 0.6 is 0 Å². The van der Waals surface area contributed by atoms with Crippen LogP contribution in [0, 0.1) is 12.8 Å². The van der Waals surface area contributed by atoms with Gasteiger partial charge in [0.15, 0.2) is 0 Å². The lowest BCUT2D eigenvalue weighted by Crippen LogP contribution is -2.38. The van der Waals surface area contributed by atoms with E-state index in [1.165, 1.54) is 17.7 Å². The van der Waals surface area contributed by atoms with Crippen molar-refractivity contribution in [1.82, 2.24) is 15.1 Å². The Hall–Kier alpha value is -0.870. The molecule has 0 radical (unpaired) electrons. The fourth-order valence-corrected chi connectivity index (χ4v) is 2.85. The predicted molar refractivity (Wildman–Crippen MR) is 72.4 cm³/mol. The van der Waals surface area contributed by atoms with Gasteiger partial charge in [-0.1, -0.05) is 0 Å². The monoisotopic (exact) mass is 251 g/mol. The predicted octanol–water partition coefficient (Wildman–Crippen LogP) is 2.36. The number of aromatic amines is 1. The van der Waals surface area contributed by atoms with E-state index in [1.54, 1.807) is 0 Å². The molecule has 0 unspecified atom stereocenters. The summed E-state index contributed by atoms with van der Waals surface area (Å²) in [6, 6.07) is 0. The van der Waals surface area contributed by atoms with Crippen molar-refractivity contribution in [2.45, 2.75) is 45.8 Å². The number of H-pyrrole nitrogens is 1. The third-order valence-electron chi connectivity index (χ3n) is 3.74. The number of nitrogens with zero attached hydrogens (tertiary/aromatic N) is 2. The highest BCUT2D eigenvalue weighted by Crippen LogP contribution is 2.29. The Bertz CT molecular complexity index is 386. The zero-order valence-corrected chi connectivity index (χ0v) is 12.0. The molecule has 4 nitrogen and oxygen atoms in total. The molecule has 1 aliphatic rings. The molecule has 0 bridgehead atoms. The van der Waals surface area contributed by atoms with Crippen LogP contribution in [0.15, 0.2) is 6.20 Å². The van der Waals surface area contributed by atoms with Crippen LogP contribution in [0.3, 0.4) is 0 Å². The number of nitrogens with one attached hydrogen (secondary N) is 1. The van der Waals surface area contributed by atoms with Crippen molar-refractivity contribution in [2.24, 2.45) is 5.92 Å². The number of aromatic nitrogens is 2. The van der Waals surface area contributed by atoms with Crippen LogP contribution in [0.5, 0.6) is 0 Å². The third-order valence-corrected chi connectivity index (χ3v) is 3.74. The molecule has 1 fully saturated rings. The van der Waals surface area contributed by atoms with Crippen molar-refractivity contribution in [3.63, 3.8) is 0 Å². The zero-order chi connectivity index (χ0) is 13.2. The lowest BCUT2D eigenvalue weighted by Gasteiger charge is -2.37. The maximum Gasteiger partial charge on any atom is 0.0629 e. The second-order valence-electron chi connectivity index (χ2n) is 6.18. The first-order chi connectivity index (χ1) is 8.46. The van der Waals surface area contributed by atoms with Gasteiger partial charge in [-0.3, -0.25) is 5.10 Å². The quantitative estimate of drug-likeness (QED) is 0.893. The van der Waals surface area contributed by atoms with Gasteiger partial charge >= 0.3 is 0 Å². The molecule has 4 heteroatoms. The van der Waals surface area contributed by atoms with E-state index in [1.807, 2.05) is 6.20 Å². The third kappa shape index (κ3) is 3.56. The molecule has 0 spiro atoms. The molecule has 1 saturated heterocycles. The van der Waals surface area contributed by atoms with E-state index >= 15 is 0 Å². The van der Waals surface area contributed by atoms with E-state index in [0.717, 1.165) is 32.0 Å². The second kappa shape index (κ2) is 5.41. The first kappa shape index (κ1) is 13.6. The molecule has 1 N–H and O–H groups in total. The largest absolute Gasteiger partial charge is 0.376 e. The van der Waals surface area contributed by atoms with Gasteiger partial charge in [-0.05, 0) is 46.6 Å². The Morgan fingerprint density at radius 1 is 1.56 bits per heavy atom. The van der Waals surface area contributed by atoms with Crippen molar-refractivity contribution in [1.29, 1.82) is 0 Å². The Morgan fingerprint density at radius 2 is 2.33 bits per heavy atom. The van der Waals surface area contributed by atoms with Gasteiger partial charge in [0.25, 0.3) is 0 Å². The Morgan fingerprint density at radius 3 is 2.94 bits per heavy atom. The molecule has 1 aliphatic heterocycles. The molecule has 1 atom stereocenters. The first-order valence-electron chi connectivity index (χ1n) is 6.77. The van der Waals surface area contributed by atoms with Crippen molar-refractivity contribution >= 4 is 0 Å². The SMILES string of the molecule is Cc1[nH]ncc1CN(C)C[C@H]1CCOC(C)(C)C1. The van der Waals surface area contributed by atoms with Gasteiger partial charge in [0.1, 0.15) is 0 Å². The van der Waals surface area contributed by atoms with E-state index < -0.39 is 0 Å². The molecule has 1 aromatic heterocycles. The topological polar surface area (TPSA) is 41.2 Å².